The van der Waals surface area contributed by atoms with Crippen molar-refractivity contribution in [1.29, 1.82) is 0 Å². The number of aromatic carboxylic acids is 1. The third-order valence-electron chi connectivity index (χ3n) is 8.13. The number of carboxylic acids is 2. The minimum Gasteiger partial charge on any atom is -0.478 e. The van der Waals surface area contributed by atoms with E-state index in [2.05, 4.69) is 19.4 Å². The molecule has 0 spiro atoms. The maximum absolute atomic E-state index is 14.3. The lowest BCUT2D eigenvalue weighted by molar-refractivity contribution is -0.192. The number of aromatic nitrogens is 5. The molecule has 5 aromatic rings. The fourth-order valence-electron chi connectivity index (χ4n) is 5.52. The summed E-state index contributed by atoms with van der Waals surface area (Å²) in [5, 5.41) is 17.0. The highest BCUT2D eigenvalue weighted by atomic mass is 35.5. The molecule has 0 bridgehead atoms. The molecule has 1 aliphatic rings. The van der Waals surface area contributed by atoms with Crippen LogP contribution < -0.4 is 4.74 Å². The largest absolute Gasteiger partial charge is 0.490 e. The lowest BCUT2D eigenvalue weighted by atomic mass is 9.90. The number of alkyl halides is 3. The zero-order valence-electron chi connectivity index (χ0n) is 26.1. The highest BCUT2D eigenvalue weighted by Crippen LogP contribution is 2.34. The van der Waals surface area contributed by atoms with Crippen LogP contribution in [0.5, 0.6) is 5.88 Å². The molecule has 0 atom stereocenters. The number of ether oxygens (including phenoxy) is 1. The number of likely N-dealkylation sites (tertiary alicyclic amines) is 1. The van der Waals surface area contributed by atoms with Gasteiger partial charge >= 0.3 is 18.1 Å². The van der Waals surface area contributed by atoms with E-state index in [-0.39, 0.29) is 18.1 Å². The average Bonchev–Trinajstić information content (AvgIpc) is 3.62. The van der Waals surface area contributed by atoms with Crippen molar-refractivity contribution in [3.8, 4) is 5.88 Å². The second-order valence-corrected chi connectivity index (χ2v) is 11.8. The Balaban J connectivity index is 0.000000606. The summed E-state index contributed by atoms with van der Waals surface area (Å²) in [5.41, 5.74) is 4.23. The number of pyridine rings is 1. The van der Waals surface area contributed by atoms with Gasteiger partial charge in [0.2, 0.25) is 5.88 Å². The zero-order chi connectivity index (χ0) is 35.3. The Morgan fingerprint density at radius 1 is 1.06 bits per heavy atom. The molecule has 4 heterocycles. The van der Waals surface area contributed by atoms with Gasteiger partial charge in [0.15, 0.2) is 0 Å². The molecule has 3 aromatic heterocycles. The van der Waals surface area contributed by atoms with Crippen LogP contribution in [0.15, 0.2) is 67.3 Å². The molecule has 2 N–H and O–H groups in total. The summed E-state index contributed by atoms with van der Waals surface area (Å²) < 4.78 is 56.0. The number of nitrogens with zero attached hydrogens (tertiary/aromatic N) is 6. The SMILES string of the molecule is Cn1cncc1Cn1c(CN2CCC(c3cccnc3OCc3ccc(Cl)cc3F)CC2)nc2ccc(C(=O)O)cc21.O=C(O)C(F)(F)F. The summed E-state index contributed by atoms with van der Waals surface area (Å²) in [5.74, 6) is -2.47. The van der Waals surface area contributed by atoms with Crippen molar-refractivity contribution < 1.29 is 42.1 Å². The van der Waals surface area contributed by atoms with Crippen LogP contribution in [0, 0.1) is 5.82 Å². The molecule has 2 aromatic carbocycles. The molecule has 49 heavy (non-hydrogen) atoms. The zero-order valence-corrected chi connectivity index (χ0v) is 26.8. The van der Waals surface area contributed by atoms with Crippen molar-refractivity contribution in [2.75, 3.05) is 13.1 Å². The number of rotatable bonds is 9. The maximum atomic E-state index is 14.3. The van der Waals surface area contributed by atoms with Gasteiger partial charge < -0.3 is 24.1 Å². The van der Waals surface area contributed by atoms with E-state index < -0.39 is 23.9 Å². The third-order valence-corrected chi connectivity index (χ3v) is 8.36. The molecule has 0 aliphatic carbocycles. The van der Waals surface area contributed by atoms with E-state index >= 15 is 0 Å². The van der Waals surface area contributed by atoms with Crippen LogP contribution in [0.1, 0.15) is 51.8 Å². The van der Waals surface area contributed by atoms with Crippen LogP contribution in [0.3, 0.4) is 0 Å². The standard InChI is InChI=1S/C31H30ClFN6O3.C2HF3O2/c1-37-19-34-15-24(37)16-39-28-13-21(31(40)41)5-7-27(28)36-29(39)17-38-11-8-20(9-12-38)25-3-2-10-35-30(25)42-18-22-4-6-23(32)14-26(22)33;3-2(4,5)1(6)7/h2-7,10,13-15,19-20H,8-9,11-12,16-18H2,1H3,(H,40,41);(H,6,7). The van der Waals surface area contributed by atoms with Crippen LogP contribution >= 0.6 is 11.6 Å². The molecular weight excluding hydrogens is 672 g/mol. The van der Waals surface area contributed by atoms with Crippen LogP contribution in [-0.2, 0) is 31.5 Å². The molecule has 16 heteroatoms. The highest BCUT2D eigenvalue weighted by Gasteiger charge is 2.38. The Hall–Kier alpha value is -5.02. The number of hydrogen-bond acceptors (Lipinski definition) is 7. The van der Waals surface area contributed by atoms with Crippen molar-refractivity contribution >= 4 is 34.6 Å². The number of piperidine rings is 1. The number of halogens is 5. The molecule has 1 saturated heterocycles. The van der Waals surface area contributed by atoms with E-state index in [0.717, 1.165) is 54.0 Å². The number of fused-ring (bicyclic) bond motifs is 1. The monoisotopic (exact) mass is 702 g/mol. The Morgan fingerprint density at radius 3 is 2.43 bits per heavy atom. The van der Waals surface area contributed by atoms with E-state index in [1.165, 1.54) is 6.07 Å². The number of carboxylic acid groups (broad SMARTS) is 2. The lowest BCUT2D eigenvalue weighted by Gasteiger charge is -2.32. The summed E-state index contributed by atoms with van der Waals surface area (Å²) >= 11 is 5.88. The first kappa shape index (κ1) is 35.3. The minimum absolute atomic E-state index is 0.0718. The van der Waals surface area contributed by atoms with Gasteiger partial charge in [-0.25, -0.2) is 28.9 Å². The summed E-state index contributed by atoms with van der Waals surface area (Å²) in [6.45, 7) is 2.93. The molecule has 0 unspecified atom stereocenters. The van der Waals surface area contributed by atoms with Gasteiger partial charge in [0.25, 0.3) is 0 Å². The highest BCUT2D eigenvalue weighted by molar-refractivity contribution is 6.30. The Labute approximate surface area is 282 Å². The number of aliphatic carboxylic acids is 1. The predicted molar refractivity (Wildman–Crippen MR) is 170 cm³/mol. The number of hydrogen-bond donors (Lipinski definition) is 2. The molecular formula is C33H31ClF4N6O5. The molecule has 11 nitrogen and oxygen atoms in total. The first-order valence-corrected chi connectivity index (χ1v) is 15.4. The molecule has 1 fully saturated rings. The van der Waals surface area contributed by atoms with Crippen molar-refractivity contribution in [1.82, 2.24) is 29.0 Å². The van der Waals surface area contributed by atoms with Crippen molar-refractivity contribution in [3.63, 3.8) is 0 Å². The van der Waals surface area contributed by atoms with Crippen LogP contribution in [0.2, 0.25) is 5.02 Å². The minimum atomic E-state index is -5.08. The van der Waals surface area contributed by atoms with Crippen LogP contribution in [0.4, 0.5) is 17.6 Å². The van der Waals surface area contributed by atoms with Crippen molar-refractivity contribution in [3.05, 3.63) is 106 Å². The van der Waals surface area contributed by atoms with E-state index in [0.29, 0.717) is 29.6 Å². The lowest BCUT2D eigenvalue weighted by Crippen LogP contribution is -2.33. The van der Waals surface area contributed by atoms with Gasteiger partial charge in [-0.2, -0.15) is 13.2 Å². The predicted octanol–water partition coefficient (Wildman–Crippen LogP) is 6.30. The van der Waals surface area contributed by atoms with Gasteiger partial charge in [-0.15, -0.1) is 0 Å². The Kier molecular flexibility index (Phi) is 10.8. The molecule has 1 aliphatic heterocycles. The quantitative estimate of drug-likeness (QED) is 0.170. The average molecular weight is 703 g/mol. The number of imidazole rings is 2. The summed E-state index contributed by atoms with van der Waals surface area (Å²) in [4.78, 5) is 36.5. The first-order valence-electron chi connectivity index (χ1n) is 15.0. The molecule has 6 rings (SSSR count). The molecule has 0 saturated carbocycles. The second-order valence-electron chi connectivity index (χ2n) is 11.4. The van der Waals surface area contributed by atoms with Gasteiger partial charge in [-0.3, -0.25) is 4.90 Å². The number of benzene rings is 2. The van der Waals surface area contributed by atoms with E-state index in [4.69, 9.17) is 31.2 Å². The summed E-state index contributed by atoms with van der Waals surface area (Å²) in [7, 11) is 1.94. The van der Waals surface area contributed by atoms with Crippen molar-refractivity contribution in [2.24, 2.45) is 7.05 Å². The van der Waals surface area contributed by atoms with E-state index in [1.807, 2.05) is 29.9 Å². The fraction of sp³-hybridized carbons (Fsp3) is 0.303. The Bertz CT molecular complexity index is 1960. The summed E-state index contributed by atoms with van der Waals surface area (Å²) in [6, 6.07) is 13.6. The van der Waals surface area contributed by atoms with Crippen LogP contribution in [-0.4, -0.2) is 70.4 Å². The molecule has 0 amide bonds. The number of aryl methyl sites for hydroxylation is 1. The normalized spacial score (nSPS) is 14.0. The van der Waals surface area contributed by atoms with Gasteiger partial charge in [0.1, 0.15) is 18.2 Å². The van der Waals surface area contributed by atoms with Crippen molar-refractivity contribution in [2.45, 2.75) is 44.6 Å². The Morgan fingerprint density at radius 2 is 1.80 bits per heavy atom. The van der Waals surface area contributed by atoms with Crippen LogP contribution in [0.25, 0.3) is 11.0 Å². The third kappa shape index (κ3) is 8.72. The first-order chi connectivity index (χ1) is 23.3. The summed E-state index contributed by atoms with van der Waals surface area (Å²) in [6.07, 6.45) is 1.99. The number of carbonyl (C=O) groups is 2. The smallest absolute Gasteiger partial charge is 0.478 e. The molecule has 258 valence electrons. The van der Waals surface area contributed by atoms with E-state index in [9.17, 15) is 27.5 Å². The van der Waals surface area contributed by atoms with Gasteiger partial charge in [-0.1, -0.05) is 23.7 Å². The fourth-order valence-corrected chi connectivity index (χ4v) is 5.68. The topological polar surface area (TPSA) is 136 Å². The van der Waals surface area contributed by atoms with E-state index in [1.54, 1.807) is 42.9 Å². The second kappa shape index (κ2) is 15.0. The van der Waals surface area contributed by atoms with Gasteiger partial charge in [-0.05, 0) is 68.2 Å². The van der Waals surface area contributed by atoms with Gasteiger partial charge in [0.05, 0.1) is 41.7 Å². The van der Waals surface area contributed by atoms with Gasteiger partial charge in [0, 0.05) is 35.6 Å². The maximum Gasteiger partial charge on any atom is 0.490 e. The molecule has 0 radical (unpaired) electrons.